The summed E-state index contributed by atoms with van der Waals surface area (Å²) in [5, 5.41) is 3.19. The van der Waals surface area contributed by atoms with Gasteiger partial charge in [-0.05, 0) is 45.0 Å². The highest BCUT2D eigenvalue weighted by Gasteiger charge is 2.25. The number of thioether (sulfide) groups is 1. The summed E-state index contributed by atoms with van der Waals surface area (Å²) in [7, 11) is 1.97. The van der Waals surface area contributed by atoms with Crippen molar-refractivity contribution in [3.63, 3.8) is 0 Å². The SMILES string of the molecule is CNCC1CCN(C(=O)CSc2ccc(C)cc2)C1. The zero-order valence-electron chi connectivity index (χ0n) is 11.7. The average Bonchev–Trinajstić information content (AvgIpc) is 2.87. The van der Waals surface area contributed by atoms with Crippen LogP contribution in [0, 0.1) is 12.8 Å². The highest BCUT2D eigenvalue weighted by molar-refractivity contribution is 8.00. The lowest BCUT2D eigenvalue weighted by Crippen LogP contribution is -2.31. The summed E-state index contributed by atoms with van der Waals surface area (Å²) in [5.74, 6) is 1.44. The first-order chi connectivity index (χ1) is 9.19. The molecule has 1 atom stereocenters. The molecule has 1 heterocycles. The number of nitrogens with zero attached hydrogens (tertiary/aromatic N) is 1. The standard InChI is InChI=1S/C15H22N2OS/c1-12-3-5-14(6-4-12)19-11-15(18)17-8-7-13(10-17)9-16-2/h3-6,13,16H,7-11H2,1-2H3. The van der Waals surface area contributed by atoms with Gasteiger partial charge in [-0.2, -0.15) is 0 Å². The molecule has 1 unspecified atom stereocenters. The first kappa shape index (κ1) is 14.4. The summed E-state index contributed by atoms with van der Waals surface area (Å²) >= 11 is 1.63. The Morgan fingerprint density at radius 3 is 2.84 bits per heavy atom. The maximum Gasteiger partial charge on any atom is 0.232 e. The topological polar surface area (TPSA) is 32.3 Å². The minimum absolute atomic E-state index is 0.268. The number of likely N-dealkylation sites (tertiary alicyclic amines) is 1. The van der Waals surface area contributed by atoms with Crippen molar-refractivity contribution in [1.82, 2.24) is 10.2 Å². The van der Waals surface area contributed by atoms with Gasteiger partial charge in [0.1, 0.15) is 0 Å². The zero-order valence-corrected chi connectivity index (χ0v) is 12.5. The van der Waals surface area contributed by atoms with E-state index in [0.29, 0.717) is 11.7 Å². The van der Waals surface area contributed by atoms with Gasteiger partial charge in [-0.25, -0.2) is 0 Å². The second-order valence-electron chi connectivity index (χ2n) is 5.15. The summed E-state index contributed by atoms with van der Waals surface area (Å²) < 4.78 is 0. The Balaban J connectivity index is 1.77. The van der Waals surface area contributed by atoms with Crippen molar-refractivity contribution >= 4 is 17.7 Å². The van der Waals surface area contributed by atoms with Gasteiger partial charge in [0.25, 0.3) is 0 Å². The summed E-state index contributed by atoms with van der Waals surface area (Å²) in [6.45, 7) is 4.91. The van der Waals surface area contributed by atoms with E-state index >= 15 is 0 Å². The molecule has 0 spiro atoms. The van der Waals surface area contributed by atoms with Crippen LogP contribution in [0.15, 0.2) is 29.2 Å². The summed E-state index contributed by atoms with van der Waals surface area (Å²) in [6.07, 6.45) is 1.13. The molecular formula is C15H22N2OS. The molecule has 1 aliphatic rings. The van der Waals surface area contributed by atoms with E-state index < -0.39 is 0 Å². The van der Waals surface area contributed by atoms with Crippen LogP contribution in [-0.4, -0.2) is 43.2 Å². The number of nitrogens with one attached hydrogen (secondary N) is 1. The van der Waals surface area contributed by atoms with E-state index in [4.69, 9.17) is 0 Å². The quantitative estimate of drug-likeness (QED) is 0.838. The highest BCUT2D eigenvalue weighted by Crippen LogP contribution is 2.21. The fraction of sp³-hybridized carbons (Fsp3) is 0.533. The van der Waals surface area contributed by atoms with Gasteiger partial charge < -0.3 is 10.2 Å². The molecule has 1 aromatic carbocycles. The van der Waals surface area contributed by atoms with Crippen molar-refractivity contribution in [2.24, 2.45) is 5.92 Å². The zero-order chi connectivity index (χ0) is 13.7. The Bertz CT molecular complexity index is 419. The van der Waals surface area contributed by atoms with Crippen molar-refractivity contribution in [2.45, 2.75) is 18.2 Å². The van der Waals surface area contributed by atoms with Gasteiger partial charge in [0, 0.05) is 18.0 Å². The van der Waals surface area contributed by atoms with Gasteiger partial charge in [-0.15, -0.1) is 11.8 Å². The monoisotopic (exact) mass is 278 g/mol. The van der Waals surface area contributed by atoms with Crippen LogP contribution in [0.1, 0.15) is 12.0 Å². The van der Waals surface area contributed by atoms with E-state index in [-0.39, 0.29) is 5.91 Å². The normalized spacial score (nSPS) is 18.8. The molecule has 0 aliphatic carbocycles. The van der Waals surface area contributed by atoms with E-state index in [1.54, 1.807) is 11.8 Å². The average molecular weight is 278 g/mol. The predicted molar refractivity (Wildman–Crippen MR) is 80.5 cm³/mol. The summed E-state index contributed by atoms with van der Waals surface area (Å²) in [6, 6.07) is 8.35. The van der Waals surface area contributed by atoms with Crippen LogP contribution < -0.4 is 5.32 Å². The van der Waals surface area contributed by atoms with E-state index in [2.05, 4.69) is 36.5 Å². The first-order valence-electron chi connectivity index (χ1n) is 6.81. The molecule has 104 valence electrons. The van der Waals surface area contributed by atoms with E-state index in [1.165, 1.54) is 10.5 Å². The third-order valence-electron chi connectivity index (χ3n) is 3.51. The van der Waals surface area contributed by atoms with Crippen molar-refractivity contribution < 1.29 is 4.79 Å². The van der Waals surface area contributed by atoms with Gasteiger partial charge in [-0.3, -0.25) is 4.79 Å². The Morgan fingerprint density at radius 1 is 1.42 bits per heavy atom. The maximum atomic E-state index is 12.1. The molecule has 1 aliphatic heterocycles. The molecule has 19 heavy (non-hydrogen) atoms. The summed E-state index contributed by atoms with van der Waals surface area (Å²) in [5.41, 5.74) is 1.25. The van der Waals surface area contributed by atoms with Crippen molar-refractivity contribution in [3.8, 4) is 0 Å². The molecular weight excluding hydrogens is 256 g/mol. The number of amides is 1. The number of rotatable bonds is 5. The van der Waals surface area contributed by atoms with Crippen LogP contribution in [-0.2, 0) is 4.79 Å². The van der Waals surface area contributed by atoms with E-state index in [0.717, 1.165) is 26.1 Å². The van der Waals surface area contributed by atoms with E-state index in [1.807, 2.05) is 11.9 Å². The molecule has 0 bridgehead atoms. The van der Waals surface area contributed by atoms with Crippen LogP contribution >= 0.6 is 11.8 Å². The maximum absolute atomic E-state index is 12.1. The minimum Gasteiger partial charge on any atom is -0.342 e. The molecule has 4 heteroatoms. The fourth-order valence-electron chi connectivity index (χ4n) is 2.39. The molecule has 1 aromatic rings. The van der Waals surface area contributed by atoms with E-state index in [9.17, 15) is 4.79 Å². The van der Waals surface area contributed by atoms with Crippen LogP contribution in [0.3, 0.4) is 0 Å². The number of hydrogen-bond donors (Lipinski definition) is 1. The first-order valence-corrected chi connectivity index (χ1v) is 7.79. The van der Waals surface area contributed by atoms with Crippen LogP contribution in [0.2, 0.25) is 0 Å². The van der Waals surface area contributed by atoms with Crippen molar-refractivity contribution in [1.29, 1.82) is 0 Å². The largest absolute Gasteiger partial charge is 0.342 e. The Morgan fingerprint density at radius 2 is 2.16 bits per heavy atom. The smallest absolute Gasteiger partial charge is 0.232 e. The van der Waals surface area contributed by atoms with Crippen LogP contribution in [0.25, 0.3) is 0 Å². The number of aryl methyl sites for hydroxylation is 1. The number of benzene rings is 1. The predicted octanol–water partition coefficient (Wildman–Crippen LogP) is 2.16. The third kappa shape index (κ3) is 4.25. The van der Waals surface area contributed by atoms with Gasteiger partial charge in [0.15, 0.2) is 0 Å². The fourth-order valence-corrected chi connectivity index (χ4v) is 3.19. The van der Waals surface area contributed by atoms with Crippen LogP contribution in [0.4, 0.5) is 0 Å². The molecule has 3 nitrogen and oxygen atoms in total. The molecule has 0 radical (unpaired) electrons. The Hall–Kier alpha value is -1.00. The lowest BCUT2D eigenvalue weighted by atomic mass is 10.1. The second kappa shape index (κ2) is 6.96. The molecule has 1 fully saturated rings. The molecule has 0 saturated carbocycles. The highest BCUT2D eigenvalue weighted by atomic mass is 32.2. The van der Waals surface area contributed by atoms with Crippen molar-refractivity contribution in [2.75, 3.05) is 32.4 Å². The third-order valence-corrected chi connectivity index (χ3v) is 4.51. The van der Waals surface area contributed by atoms with Crippen molar-refractivity contribution in [3.05, 3.63) is 29.8 Å². The lowest BCUT2D eigenvalue weighted by Gasteiger charge is -2.16. The molecule has 1 saturated heterocycles. The second-order valence-corrected chi connectivity index (χ2v) is 6.20. The Kier molecular flexibility index (Phi) is 5.28. The molecule has 1 amide bonds. The van der Waals surface area contributed by atoms with Crippen LogP contribution in [0.5, 0.6) is 0 Å². The van der Waals surface area contributed by atoms with Gasteiger partial charge in [-0.1, -0.05) is 17.7 Å². The van der Waals surface area contributed by atoms with Gasteiger partial charge >= 0.3 is 0 Å². The minimum atomic E-state index is 0.268. The Labute approximate surface area is 119 Å². The van der Waals surface area contributed by atoms with Gasteiger partial charge in [0.2, 0.25) is 5.91 Å². The molecule has 2 rings (SSSR count). The van der Waals surface area contributed by atoms with Gasteiger partial charge in [0.05, 0.1) is 5.75 Å². The molecule has 0 aromatic heterocycles. The number of carbonyl (C=O) groups excluding carboxylic acids is 1. The summed E-state index contributed by atoms with van der Waals surface area (Å²) in [4.78, 5) is 15.3. The molecule has 1 N–H and O–H groups in total. The lowest BCUT2D eigenvalue weighted by molar-refractivity contribution is -0.127. The number of carbonyl (C=O) groups is 1. The number of hydrogen-bond acceptors (Lipinski definition) is 3.